The summed E-state index contributed by atoms with van der Waals surface area (Å²) >= 11 is 0. The molecule has 0 bridgehead atoms. The molecule has 2 unspecified atom stereocenters. The fourth-order valence-electron chi connectivity index (χ4n) is 3.78. The Morgan fingerprint density at radius 2 is 2.11 bits per heavy atom. The van der Waals surface area contributed by atoms with Crippen molar-refractivity contribution in [2.45, 2.75) is 52.1 Å². The molecule has 18 heavy (non-hydrogen) atoms. The van der Waals surface area contributed by atoms with Gasteiger partial charge in [-0.05, 0) is 50.6 Å². The van der Waals surface area contributed by atoms with Gasteiger partial charge in [-0.15, -0.1) is 0 Å². The number of hydrogen-bond acceptors (Lipinski definition) is 3. The van der Waals surface area contributed by atoms with E-state index in [1.54, 1.807) is 0 Å². The van der Waals surface area contributed by atoms with Crippen molar-refractivity contribution in [1.29, 1.82) is 0 Å². The van der Waals surface area contributed by atoms with Gasteiger partial charge in [0.05, 0.1) is 6.10 Å². The highest BCUT2D eigenvalue weighted by atomic mass is 16.3. The van der Waals surface area contributed by atoms with Gasteiger partial charge in [-0.25, -0.2) is 0 Å². The Bertz CT molecular complexity index is 249. The third-order valence-electron chi connectivity index (χ3n) is 4.96. The molecule has 0 spiro atoms. The standard InChI is InChI=1S/C15H30N2O/c1-3-16-11-15(7-4-5-8-15)12-17-9-6-14(10-17)13(2)18/h13-14,16,18H,3-12H2,1-2H3. The summed E-state index contributed by atoms with van der Waals surface area (Å²) in [6.07, 6.45) is 6.61. The molecule has 2 fully saturated rings. The van der Waals surface area contributed by atoms with Crippen molar-refractivity contribution < 1.29 is 5.11 Å². The molecule has 0 radical (unpaired) electrons. The van der Waals surface area contributed by atoms with Gasteiger partial charge in [0.1, 0.15) is 0 Å². The largest absolute Gasteiger partial charge is 0.393 e. The summed E-state index contributed by atoms with van der Waals surface area (Å²) in [4.78, 5) is 2.60. The van der Waals surface area contributed by atoms with Crippen LogP contribution < -0.4 is 5.32 Å². The van der Waals surface area contributed by atoms with Crippen LogP contribution in [-0.4, -0.2) is 48.8 Å². The van der Waals surface area contributed by atoms with Crippen molar-refractivity contribution in [1.82, 2.24) is 10.2 Å². The van der Waals surface area contributed by atoms with E-state index in [1.807, 2.05) is 6.92 Å². The van der Waals surface area contributed by atoms with Crippen molar-refractivity contribution in [3.05, 3.63) is 0 Å². The van der Waals surface area contributed by atoms with Crippen molar-refractivity contribution in [2.75, 3.05) is 32.7 Å². The number of likely N-dealkylation sites (tertiary alicyclic amines) is 1. The molecule has 0 aromatic heterocycles. The first-order valence-electron chi connectivity index (χ1n) is 7.76. The maximum Gasteiger partial charge on any atom is 0.0552 e. The lowest BCUT2D eigenvalue weighted by atomic mass is 9.85. The molecular weight excluding hydrogens is 224 g/mol. The summed E-state index contributed by atoms with van der Waals surface area (Å²) in [5, 5.41) is 13.3. The second-order valence-electron chi connectivity index (χ2n) is 6.51. The van der Waals surface area contributed by atoms with E-state index >= 15 is 0 Å². The highest BCUT2D eigenvalue weighted by Crippen LogP contribution is 2.39. The van der Waals surface area contributed by atoms with E-state index in [1.165, 1.54) is 51.7 Å². The lowest BCUT2D eigenvalue weighted by molar-refractivity contribution is 0.116. The van der Waals surface area contributed by atoms with Crippen LogP contribution in [0.4, 0.5) is 0 Å². The molecule has 3 heteroatoms. The second-order valence-corrected chi connectivity index (χ2v) is 6.51. The van der Waals surface area contributed by atoms with Crippen LogP contribution in [0.3, 0.4) is 0 Å². The van der Waals surface area contributed by atoms with Crippen molar-refractivity contribution in [2.24, 2.45) is 11.3 Å². The zero-order chi connectivity index (χ0) is 13.0. The monoisotopic (exact) mass is 254 g/mol. The summed E-state index contributed by atoms with van der Waals surface area (Å²) in [5.74, 6) is 0.502. The summed E-state index contributed by atoms with van der Waals surface area (Å²) in [7, 11) is 0. The van der Waals surface area contributed by atoms with Gasteiger partial charge in [0.2, 0.25) is 0 Å². The Kier molecular flexibility index (Phi) is 5.05. The van der Waals surface area contributed by atoms with E-state index in [4.69, 9.17) is 0 Å². The number of nitrogens with one attached hydrogen (secondary N) is 1. The average molecular weight is 254 g/mol. The maximum atomic E-state index is 9.70. The van der Waals surface area contributed by atoms with Crippen LogP contribution in [-0.2, 0) is 0 Å². The van der Waals surface area contributed by atoms with E-state index in [2.05, 4.69) is 17.1 Å². The molecule has 2 rings (SSSR count). The van der Waals surface area contributed by atoms with Crippen LogP contribution in [0, 0.1) is 11.3 Å². The van der Waals surface area contributed by atoms with Gasteiger partial charge in [0, 0.05) is 19.6 Å². The Balaban J connectivity index is 1.86. The summed E-state index contributed by atoms with van der Waals surface area (Å²) < 4.78 is 0. The molecule has 0 amide bonds. The van der Waals surface area contributed by atoms with Gasteiger partial charge in [0.25, 0.3) is 0 Å². The van der Waals surface area contributed by atoms with Gasteiger partial charge in [-0.3, -0.25) is 0 Å². The van der Waals surface area contributed by atoms with Gasteiger partial charge >= 0.3 is 0 Å². The molecule has 1 saturated heterocycles. The normalized spacial score (nSPS) is 29.8. The topological polar surface area (TPSA) is 35.5 Å². The average Bonchev–Trinajstić information content (AvgIpc) is 2.97. The smallest absolute Gasteiger partial charge is 0.0552 e. The fraction of sp³-hybridized carbons (Fsp3) is 1.00. The second kappa shape index (κ2) is 6.36. The Morgan fingerprint density at radius 1 is 1.39 bits per heavy atom. The predicted octanol–water partition coefficient (Wildman–Crippen LogP) is 1.86. The Morgan fingerprint density at radius 3 is 2.67 bits per heavy atom. The highest BCUT2D eigenvalue weighted by Gasteiger charge is 2.37. The van der Waals surface area contributed by atoms with Crippen molar-refractivity contribution in [3.8, 4) is 0 Å². The third kappa shape index (κ3) is 3.46. The maximum absolute atomic E-state index is 9.70. The fourth-order valence-corrected chi connectivity index (χ4v) is 3.78. The zero-order valence-electron chi connectivity index (χ0n) is 12.1. The number of aliphatic hydroxyl groups is 1. The van der Waals surface area contributed by atoms with Crippen LogP contribution in [0.1, 0.15) is 46.0 Å². The number of rotatable bonds is 6. The first kappa shape index (κ1) is 14.3. The van der Waals surface area contributed by atoms with Gasteiger partial charge in [-0.1, -0.05) is 19.8 Å². The van der Waals surface area contributed by atoms with Crippen LogP contribution in [0.15, 0.2) is 0 Å². The molecule has 106 valence electrons. The lowest BCUT2D eigenvalue weighted by Gasteiger charge is -2.34. The predicted molar refractivity (Wildman–Crippen MR) is 75.7 cm³/mol. The lowest BCUT2D eigenvalue weighted by Crippen LogP contribution is -2.42. The SMILES string of the molecule is CCNCC1(CN2CCC(C(C)O)C2)CCCC1. The zero-order valence-corrected chi connectivity index (χ0v) is 12.1. The van der Waals surface area contributed by atoms with Crippen LogP contribution in [0.5, 0.6) is 0 Å². The molecule has 0 aromatic rings. The summed E-state index contributed by atoms with van der Waals surface area (Å²) in [6, 6.07) is 0. The van der Waals surface area contributed by atoms with Crippen molar-refractivity contribution in [3.63, 3.8) is 0 Å². The minimum atomic E-state index is -0.136. The molecule has 2 atom stereocenters. The van der Waals surface area contributed by atoms with E-state index in [9.17, 15) is 5.11 Å². The van der Waals surface area contributed by atoms with Gasteiger partial charge in [-0.2, -0.15) is 0 Å². The summed E-state index contributed by atoms with van der Waals surface area (Å²) in [5.41, 5.74) is 0.517. The molecule has 1 aliphatic heterocycles. The Hall–Kier alpha value is -0.120. The minimum Gasteiger partial charge on any atom is -0.393 e. The first-order valence-corrected chi connectivity index (χ1v) is 7.76. The first-order chi connectivity index (χ1) is 8.65. The molecule has 0 aromatic carbocycles. The van der Waals surface area contributed by atoms with E-state index in [-0.39, 0.29) is 6.10 Å². The minimum absolute atomic E-state index is 0.136. The quantitative estimate of drug-likeness (QED) is 0.759. The highest BCUT2D eigenvalue weighted by molar-refractivity contribution is 4.91. The number of nitrogens with zero attached hydrogens (tertiary/aromatic N) is 1. The molecule has 1 saturated carbocycles. The molecule has 3 nitrogen and oxygen atoms in total. The molecule has 1 aliphatic carbocycles. The van der Waals surface area contributed by atoms with E-state index in [0.717, 1.165) is 13.1 Å². The summed E-state index contributed by atoms with van der Waals surface area (Å²) in [6.45, 7) is 9.93. The van der Waals surface area contributed by atoms with Crippen LogP contribution in [0.2, 0.25) is 0 Å². The van der Waals surface area contributed by atoms with Gasteiger partial charge < -0.3 is 15.3 Å². The molecule has 1 heterocycles. The molecule has 2 N–H and O–H groups in total. The van der Waals surface area contributed by atoms with Crippen molar-refractivity contribution >= 4 is 0 Å². The number of aliphatic hydroxyl groups excluding tert-OH is 1. The van der Waals surface area contributed by atoms with E-state index < -0.39 is 0 Å². The number of hydrogen-bond donors (Lipinski definition) is 2. The molecular formula is C15H30N2O. The van der Waals surface area contributed by atoms with Crippen LogP contribution in [0.25, 0.3) is 0 Å². The van der Waals surface area contributed by atoms with E-state index in [0.29, 0.717) is 11.3 Å². The van der Waals surface area contributed by atoms with Gasteiger partial charge in [0.15, 0.2) is 0 Å². The molecule has 2 aliphatic rings. The third-order valence-corrected chi connectivity index (χ3v) is 4.96. The Labute approximate surface area is 112 Å². The van der Waals surface area contributed by atoms with Crippen LogP contribution >= 0.6 is 0 Å².